The number of rotatable bonds is 7. The molecule has 7 nitrogen and oxygen atoms in total. The molecule has 142 valence electrons. The van der Waals surface area contributed by atoms with Crippen LogP contribution in [0.25, 0.3) is 0 Å². The molecule has 1 aliphatic heterocycles. The van der Waals surface area contributed by atoms with E-state index in [-0.39, 0.29) is 21.7 Å². The Bertz CT molecular complexity index is 712. The molecule has 0 radical (unpaired) electrons. The monoisotopic (exact) mass is 402 g/mol. The standard InChI is InChI=1S/C13H17F3N2O5S2/c14-13(15,16)7-25(21,22)17-6-8-5-9(12(19)20)11(24-8)18-10-3-1-2-4-23-10/h5,10,17-18H,1-4,6-7H2,(H,19,20). The van der Waals surface area contributed by atoms with Crippen molar-refractivity contribution in [2.24, 2.45) is 0 Å². The number of hydrogen-bond acceptors (Lipinski definition) is 6. The lowest BCUT2D eigenvalue weighted by atomic mass is 10.2. The van der Waals surface area contributed by atoms with Gasteiger partial charge < -0.3 is 15.2 Å². The molecule has 0 spiro atoms. The summed E-state index contributed by atoms with van der Waals surface area (Å²) in [5, 5.41) is 12.5. The van der Waals surface area contributed by atoms with Gasteiger partial charge in [-0.25, -0.2) is 17.9 Å². The molecule has 1 unspecified atom stereocenters. The third-order valence-electron chi connectivity index (χ3n) is 3.31. The largest absolute Gasteiger partial charge is 0.478 e. The van der Waals surface area contributed by atoms with Crippen LogP contribution in [0.5, 0.6) is 0 Å². The Morgan fingerprint density at radius 3 is 2.68 bits per heavy atom. The molecule has 0 bridgehead atoms. The van der Waals surface area contributed by atoms with Gasteiger partial charge in [-0.2, -0.15) is 13.2 Å². The number of halogens is 3. The second kappa shape index (κ2) is 7.89. The van der Waals surface area contributed by atoms with Crippen molar-refractivity contribution in [3.8, 4) is 0 Å². The number of hydrogen-bond donors (Lipinski definition) is 3. The summed E-state index contributed by atoms with van der Waals surface area (Å²) < 4.78 is 66.6. The fourth-order valence-electron chi connectivity index (χ4n) is 2.24. The number of carboxylic acids is 1. The van der Waals surface area contributed by atoms with Crippen LogP contribution in [0.4, 0.5) is 18.2 Å². The molecule has 25 heavy (non-hydrogen) atoms. The molecule has 1 saturated heterocycles. The first-order valence-electron chi connectivity index (χ1n) is 7.34. The van der Waals surface area contributed by atoms with Crippen LogP contribution in [0.15, 0.2) is 6.07 Å². The van der Waals surface area contributed by atoms with Crippen LogP contribution in [0, 0.1) is 0 Å². The molecular formula is C13H17F3N2O5S2. The Morgan fingerprint density at radius 2 is 2.12 bits per heavy atom. The molecule has 1 fully saturated rings. The van der Waals surface area contributed by atoms with Crippen LogP contribution < -0.4 is 10.0 Å². The third kappa shape index (κ3) is 6.45. The Kier molecular flexibility index (Phi) is 6.30. The second-order valence-corrected chi connectivity index (χ2v) is 8.40. The van der Waals surface area contributed by atoms with Gasteiger partial charge in [-0.3, -0.25) is 0 Å². The summed E-state index contributed by atoms with van der Waals surface area (Å²) >= 11 is 0.960. The van der Waals surface area contributed by atoms with Crippen LogP contribution in [0.3, 0.4) is 0 Å². The molecule has 2 heterocycles. The molecule has 2 rings (SSSR count). The molecule has 0 amide bonds. The van der Waals surface area contributed by atoms with E-state index in [0.29, 0.717) is 13.0 Å². The first kappa shape index (κ1) is 19.9. The van der Waals surface area contributed by atoms with E-state index < -0.39 is 34.5 Å². The molecule has 0 aliphatic carbocycles. The fraction of sp³-hybridized carbons (Fsp3) is 0.615. The smallest absolute Gasteiger partial charge is 0.404 e. The van der Waals surface area contributed by atoms with E-state index in [0.717, 1.165) is 24.2 Å². The first-order valence-corrected chi connectivity index (χ1v) is 9.81. The normalized spacial score (nSPS) is 18.9. The number of sulfonamides is 1. The molecular weight excluding hydrogens is 385 g/mol. The van der Waals surface area contributed by atoms with E-state index in [4.69, 9.17) is 4.74 Å². The van der Waals surface area contributed by atoms with Gasteiger partial charge in [-0.15, -0.1) is 11.3 Å². The number of carboxylic acid groups (broad SMARTS) is 1. The summed E-state index contributed by atoms with van der Waals surface area (Å²) in [4.78, 5) is 11.6. The average Bonchev–Trinajstić information content (AvgIpc) is 2.87. The van der Waals surface area contributed by atoms with Crippen molar-refractivity contribution < 1.29 is 36.2 Å². The molecule has 1 atom stereocenters. The van der Waals surface area contributed by atoms with Crippen LogP contribution in [-0.2, 0) is 21.3 Å². The summed E-state index contributed by atoms with van der Waals surface area (Å²) in [5.74, 6) is -3.21. The minimum atomic E-state index is -4.85. The fourth-order valence-corrected chi connectivity index (χ4v) is 4.27. The maximum Gasteiger partial charge on any atom is 0.404 e. The van der Waals surface area contributed by atoms with Crippen LogP contribution >= 0.6 is 11.3 Å². The highest BCUT2D eigenvalue weighted by Gasteiger charge is 2.35. The second-order valence-electron chi connectivity index (χ2n) is 5.46. The van der Waals surface area contributed by atoms with Gasteiger partial charge in [0.25, 0.3) is 0 Å². The highest BCUT2D eigenvalue weighted by Crippen LogP contribution is 2.30. The summed E-state index contributed by atoms with van der Waals surface area (Å²) in [5.41, 5.74) is -0.0795. The number of carbonyl (C=O) groups is 1. The predicted molar refractivity (Wildman–Crippen MR) is 85.2 cm³/mol. The first-order chi connectivity index (χ1) is 11.6. The zero-order valence-corrected chi connectivity index (χ0v) is 14.6. The van der Waals surface area contributed by atoms with Crippen LogP contribution in [-0.4, -0.2) is 44.3 Å². The highest BCUT2D eigenvalue weighted by molar-refractivity contribution is 7.89. The molecule has 3 N–H and O–H groups in total. The Hall–Kier alpha value is -1.37. The van der Waals surface area contributed by atoms with Crippen molar-refractivity contribution in [2.75, 3.05) is 17.7 Å². The molecule has 12 heteroatoms. The molecule has 1 aromatic rings. The average molecular weight is 402 g/mol. The zero-order chi connectivity index (χ0) is 18.7. The maximum absolute atomic E-state index is 12.2. The van der Waals surface area contributed by atoms with E-state index in [1.54, 1.807) is 0 Å². The van der Waals surface area contributed by atoms with Crippen molar-refractivity contribution >= 4 is 32.3 Å². The quantitative estimate of drug-likeness (QED) is 0.647. The van der Waals surface area contributed by atoms with Crippen molar-refractivity contribution in [3.63, 3.8) is 0 Å². The number of ether oxygens (including phenoxy) is 1. The van der Waals surface area contributed by atoms with Crippen molar-refractivity contribution in [1.82, 2.24) is 4.72 Å². The topological polar surface area (TPSA) is 105 Å². The number of alkyl halides is 3. The summed E-state index contributed by atoms with van der Waals surface area (Å²) in [6.45, 7) is 0.131. The van der Waals surface area contributed by atoms with Crippen molar-refractivity contribution in [3.05, 3.63) is 16.5 Å². The van der Waals surface area contributed by atoms with Gasteiger partial charge in [0.1, 0.15) is 11.2 Å². The summed E-state index contributed by atoms with van der Waals surface area (Å²) in [6.07, 6.45) is -2.65. The Labute approximate surface area is 146 Å². The number of nitrogens with one attached hydrogen (secondary N) is 2. The SMILES string of the molecule is O=C(O)c1cc(CNS(=O)(=O)CC(F)(F)F)sc1NC1CCCCO1. The summed E-state index contributed by atoms with van der Waals surface area (Å²) in [6, 6.07) is 1.23. The van der Waals surface area contributed by atoms with Gasteiger partial charge in [-0.1, -0.05) is 0 Å². The minimum absolute atomic E-state index is 0.0795. The summed E-state index contributed by atoms with van der Waals surface area (Å²) in [7, 11) is -4.55. The van der Waals surface area contributed by atoms with E-state index in [1.165, 1.54) is 6.07 Å². The van der Waals surface area contributed by atoms with Crippen molar-refractivity contribution in [2.45, 2.75) is 38.2 Å². The predicted octanol–water partition coefficient (Wildman–Crippen LogP) is 2.37. The zero-order valence-electron chi connectivity index (χ0n) is 12.9. The lowest BCUT2D eigenvalue weighted by Gasteiger charge is -2.23. The van der Waals surface area contributed by atoms with Crippen LogP contribution in [0.2, 0.25) is 0 Å². The van der Waals surface area contributed by atoms with Gasteiger partial charge in [-0.05, 0) is 25.3 Å². The third-order valence-corrected chi connectivity index (χ3v) is 5.66. The van der Waals surface area contributed by atoms with Gasteiger partial charge in [0.05, 0.1) is 5.56 Å². The number of aromatic carboxylic acids is 1. The van der Waals surface area contributed by atoms with Gasteiger partial charge >= 0.3 is 12.1 Å². The van der Waals surface area contributed by atoms with E-state index in [9.17, 15) is 31.5 Å². The highest BCUT2D eigenvalue weighted by atomic mass is 32.2. The Morgan fingerprint density at radius 1 is 1.40 bits per heavy atom. The Balaban J connectivity index is 2.06. The molecule has 1 aromatic heterocycles. The maximum atomic E-state index is 12.2. The lowest BCUT2D eigenvalue weighted by molar-refractivity contribution is -0.106. The molecule has 0 aromatic carbocycles. The lowest BCUT2D eigenvalue weighted by Crippen LogP contribution is -2.33. The molecule has 1 aliphatic rings. The van der Waals surface area contributed by atoms with Gasteiger partial charge in [0.15, 0.2) is 5.75 Å². The van der Waals surface area contributed by atoms with E-state index >= 15 is 0 Å². The van der Waals surface area contributed by atoms with Crippen LogP contribution in [0.1, 0.15) is 34.5 Å². The minimum Gasteiger partial charge on any atom is -0.478 e. The number of anilines is 1. The van der Waals surface area contributed by atoms with Gasteiger partial charge in [0, 0.05) is 18.0 Å². The van der Waals surface area contributed by atoms with Crippen molar-refractivity contribution in [1.29, 1.82) is 0 Å². The van der Waals surface area contributed by atoms with E-state index in [2.05, 4.69) is 5.32 Å². The van der Waals surface area contributed by atoms with Gasteiger partial charge in [0.2, 0.25) is 10.0 Å². The molecule has 0 saturated carbocycles. The van der Waals surface area contributed by atoms with E-state index in [1.807, 2.05) is 4.72 Å². The number of thiophene rings is 1.